The molecule has 1 saturated heterocycles. The molecule has 1 heterocycles. The third kappa shape index (κ3) is 5.37. The van der Waals surface area contributed by atoms with Crippen molar-refractivity contribution in [1.29, 1.82) is 0 Å². The SMILES string of the molecule is CC(NC(=O)C1CCN(C(=O)C=Cc2ccc(N)c(Cl)c2Cl)CC1)C(=O)O. The summed E-state index contributed by atoms with van der Waals surface area (Å²) in [6.45, 7) is 2.25. The fourth-order valence-corrected chi connectivity index (χ4v) is 3.14. The average Bonchev–Trinajstić information content (AvgIpc) is 2.65. The molecule has 0 aliphatic carbocycles. The number of likely N-dealkylation sites (tertiary alicyclic amines) is 1. The van der Waals surface area contributed by atoms with Crippen LogP contribution in [-0.4, -0.2) is 46.9 Å². The fourth-order valence-electron chi connectivity index (χ4n) is 2.73. The number of nitrogen functional groups attached to an aromatic ring is 1. The van der Waals surface area contributed by atoms with Gasteiger partial charge in [-0.15, -0.1) is 0 Å². The molecule has 7 nitrogen and oxygen atoms in total. The van der Waals surface area contributed by atoms with E-state index in [9.17, 15) is 14.4 Å². The minimum Gasteiger partial charge on any atom is -0.480 e. The van der Waals surface area contributed by atoms with E-state index < -0.39 is 12.0 Å². The predicted octanol–water partition coefficient (Wildman–Crippen LogP) is 2.42. The van der Waals surface area contributed by atoms with Gasteiger partial charge in [0, 0.05) is 25.1 Å². The maximum absolute atomic E-state index is 12.3. The lowest BCUT2D eigenvalue weighted by molar-refractivity contribution is -0.142. The first-order valence-corrected chi connectivity index (χ1v) is 9.20. The van der Waals surface area contributed by atoms with Crippen LogP contribution < -0.4 is 11.1 Å². The van der Waals surface area contributed by atoms with E-state index in [0.29, 0.717) is 37.2 Å². The Kier molecular flexibility index (Phi) is 7.10. The van der Waals surface area contributed by atoms with E-state index in [4.69, 9.17) is 34.0 Å². The molecule has 1 aromatic carbocycles. The molecule has 0 saturated carbocycles. The smallest absolute Gasteiger partial charge is 0.325 e. The van der Waals surface area contributed by atoms with E-state index in [1.165, 1.54) is 13.0 Å². The van der Waals surface area contributed by atoms with Crippen molar-refractivity contribution >= 4 is 52.7 Å². The highest BCUT2D eigenvalue weighted by atomic mass is 35.5. The highest BCUT2D eigenvalue weighted by Gasteiger charge is 2.28. The summed E-state index contributed by atoms with van der Waals surface area (Å²) < 4.78 is 0. The van der Waals surface area contributed by atoms with Gasteiger partial charge in [-0.05, 0) is 37.5 Å². The Morgan fingerprint density at radius 2 is 1.89 bits per heavy atom. The van der Waals surface area contributed by atoms with Crippen LogP contribution in [0.25, 0.3) is 6.08 Å². The molecule has 4 N–H and O–H groups in total. The number of carbonyl (C=O) groups is 3. The second kappa shape index (κ2) is 9.10. The molecule has 2 rings (SSSR count). The Morgan fingerprint density at radius 3 is 2.48 bits per heavy atom. The van der Waals surface area contributed by atoms with Gasteiger partial charge in [0.2, 0.25) is 11.8 Å². The van der Waals surface area contributed by atoms with Crippen LogP contribution in [0, 0.1) is 5.92 Å². The van der Waals surface area contributed by atoms with E-state index in [0.717, 1.165) is 0 Å². The lowest BCUT2D eigenvalue weighted by Crippen LogP contribution is -2.46. The molecule has 9 heteroatoms. The number of nitrogens with zero attached hydrogens (tertiary/aromatic N) is 1. The van der Waals surface area contributed by atoms with Gasteiger partial charge in [0.05, 0.1) is 15.7 Å². The summed E-state index contributed by atoms with van der Waals surface area (Å²) in [6, 6.07) is 2.35. The molecule has 0 spiro atoms. The van der Waals surface area contributed by atoms with E-state index in [1.54, 1.807) is 23.1 Å². The van der Waals surface area contributed by atoms with Gasteiger partial charge >= 0.3 is 5.97 Å². The largest absolute Gasteiger partial charge is 0.480 e. The lowest BCUT2D eigenvalue weighted by atomic mass is 9.95. The Balaban J connectivity index is 1.90. The van der Waals surface area contributed by atoms with Crippen LogP contribution in [0.4, 0.5) is 5.69 Å². The van der Waals surface area contributed by atoms with Gasteiger partial charge in [0.1, 0.15) is 6.04 Å². The van der Waals surface area contributed by atoms with Crippen molar-refractivity contribution in [2.24, 2.45) is 5.92 Å². The van der Waals surface area contributed by atoms with Gasteiger partial charge in [-0.1, -0.05) is 29.3 Å². The molecule has 0 aromatic heterocycles. The van der Waals surface area contributed by atoms with Crippen molar-refractivity contribution < 1.29 is 19.5 Å². The highest BCUT2D eigenvalue weighted by molar-refractivity contribution is 6.44. The van der Waals surface area contributed by atoms with E-state index in [-0.39, 0.29) is 27.8 Å². The first kappa shape index (κ1) is 21.1. The minimum absolute atomic E-state index is 0.197. The number of carbonyl (C=O) groups excluding carboxylic acids is 2. The maximum Gasteiger partial charge on any atom is 0.325 e. The van der Waals surface area contributed by atoms with Crippen LogP contribution in [-0.2, 0) is 14.4 Å². The third-order valence-electron chi connectivity index (χ3n) is 4.45. The van der Waals surface area contributed by atoms with Crippen molar-refractivity contribution in [3.8, 4) is 0 Å². The maximum atomic E-state index is 12.3. The van der Waals surface area contributed by atoms with Gasteiger partial charge in [0.25, 0.3) is 0 Å². The molecule has 1 fully saturated rings. The Bertz CT molecular complexity index is 774. The van der Waals surface area contributed by atoms with Crippen LogP contribution >= 0.6 is 23.2 Å². The molecular formula is C18H21Cl2N3O4. The van der Waals surface area contributed by atoms with E-state index >= 15 is 0 Å². The first-order valence-electron chi connectivity index (χ1n) is 8.44. The molecular weight excluding hydrogens is 393 g/mol. The molecule has 1 aliphatic rings. The number of hydrogen-bond donors (Lipinski definition) is 3. The summed E-state index contributed by atoms with van der Waals surface area (Å²) in [5.41, 5.74) is 6.61. The summed E-state index contributed by atoms with van der Waals surface area (Å²) in [4.78, 5) is 36.9. The molecule has 1 aliphatic heterocycles. The van der Waals surface area contributed by atoms with Gasteiger partial charge in [-0.3, -0.25) is 14.4 Å². The van der Waals surface area contributed by atoms with Crippen molar-refractivity contribution in [2.45, 2.75) is 25.8 Å². The zero-order valence-electron chi connectivity index (χ0n) is 14.7. The number of aliphatic carboxylic acids is 1. The standard InChI is InChI=1S/C18H21Cl2N3O4/c1-10(18(26)27)22-17(25)12-6-8-23(9-7-12)14(24)5-3-11-2-4-13(21)16(20)15(11)19/h2-5,10,12H,6-9,21H2,1H3,(H,22,25)(H,26,27). The second-order valence-corrected chi connectivity index (χ2v) is 7.13. The Hall–Kier alpha value is -2.25. The quantitative estimate of drug-likeness (QED) is 0.506. The second-order valence-electron chi connectivity index (χ2n) is 6.37. The minimum atomic E-state index is -1.08. The Labute approximate surface area is 167 Å². The molecule has 0 radical (unpaired) electrons. The first-order chi connectivity index (χ1) is 12.7. The summed E-state index contributed by atoms with van der Waals surface area (Å²) >= 11 is 12.1. The number of piperidine rings is 1. The molecule has 0 bridgehead atoms. The van der Waals surface area contributed by atoms with E-state index in [1.807, 2.05) is 0 Å². The number of amides is 2. The summed E-state index contributed by atoms with van der Waals surface area (Å²) in [7, 11) is 0. The molecule has 1 unspecified atom stereocenters. The Morgan fingerprint density at radius 1 is 1.26 bits per heavy atom. The van der Waals surface area contributed by atoms with Gasteiger partial charge in [0.15, 0.2) is 0 Å². The summed E-state index contributed by atoms with van der Waals surface area (Å²) in [5, 5.41) is 11.8. The van der Waals surface area contributed by atoms with Gasteiger partial charge < -0.3 is 21.1 Å². The zero-order valence-corrected chi connectivity index (χ0v) is 16.3. The van der Waals surface area contributed by atoms with Crippen LogP contribution in [0.3, 0.4) is 0 Å². The van der Waals surface area contributed by atoms with Gasteiger partial charge in [-0.25, -0.2) is 0 Å². The average molecular weight is 414 g/mol. The van der Waals surface area contributed by atoms with Crippen LogP contribution in [0.15, 0.2) is 18.2 Å². The van der Waals surface area contributed by atoms with Crippen molar-refractivity contribution in [2.75, 3.05) is 18.8 Å². The number of carboxylic acids is 1. The van der Waals surface area contributed by atoms with Crippen molar-refractivity contribution in [3.63, 3.8) is 0 Å². The molecule has 2 amide bonds. The number of nitrogens with two attached hydrogens (primary N) is 1. The third-order valence-corrected chi connectivity index (χ3v) is 5.37. The zero-order chi connectivity index (χ0) is 20.1. The summed E-state index contributed by atoms with van der Waals surface area (Å²) in [6.07, 6.45) is 3.93. The number of benzene rings is 1. The monoisotopic (exact) mass is 413 g/mol. The number of hydrogen-bond acceptors (Lipinski definition) is 4. The number of halogens is 2. The fraction of sp³-hybridized carbons (Fsp3) is 0.389. The van der Waals surface area contributed by atoms with E-state index in [2.05, 4.69) is 5.32 Å². The highest BCUT2D eigenvalue weighted by Crippen LogP contribution is 2.31. The van der Waals surface area contributed by atoms with Crippen LogP contribution in [0.1, 0.15) is 25.3 Å². The molecule has 146 valence electrons. The number of carboxylic acid groups (broad SMARTS) is 1. The topological polar surface area (TPSA) is 113 Å². The number of anilines is 1. The summed E-state index contributed by atoms with van der Waals surface area (Å²) in [5.74, 6) is -1.87. The van der Waals surface area contributed by atoms with Crippen molar-refractivity contribution in [3.05, 3.63) is 33.8 Å². The molecule has 27 heavy (non-hydrogen) atoms. The molecule has 1 aromatic rings. The number of nitrogens with one attached hydrogen (secondary N) is 1. The lowest BCUT2D eigenvalue weighted by Gasteiger charge is -2.31. The van der Waals surface area contributed by atoms with Gasteiger partial charge in [-0.2, -0.15) is 0 Å². The number of rotatable bonds is 5. The normalized spacial score (nSPS) is 16.3. The molecule has 1 atom stereocenters. The van der Waals surface area contributed by atoms with Crippen LogP contribution in [0.2, 0.25) is 10.0 Å². The predicted molar refractivity (Wildman–Crippen MR) is 104 cm³/mol. The van der Waals surface area contributed by atoms with Crippen LogP contribution in [0.5, 0.6) is 0 Å². The van der Waals surface area contributed by atoms with Crippen molar-refractivity contribution in [1.82, 2.24) is 10.2 Å².